The molecule has 1 fully saturated rings. The molecule has 4 heteroatoms. The van der Waals surface area contributed by atoms with Crippen molar-refractivity contribution in [3.63, 3.8) is 0 Å². The van der Waals surface area contributed by atoms with Crippen LogP contribution in [-0.2, 0) is 17.9 Å². The Hall–Kier alpha value is -2.72. The molecular weight excluding hydrogens is 351 g/mol. The van der Waals surface area contributed by atoms with E-state index < -0.39 is 0 Å². The molecular formula is C24H25FN2O. The summed E-state index contributed by atoms with van der Waals surface area (Å²) in [5.74, 6) is -0.0688. The second-order valence-corrected chi connectivity index (χ2v) is 7.63. The van der Waals surface area contributed by atoms with Crippen molar-refractivity contribution in [2.24, 2.45) is 0 Å². The van der Waals surface area contributed by atoms with E-state index in [1.165, 1.54) is 22.9 Å². The van der Waals surface area contributed by atoms with Gasteiger partial charge in [0.15, 0.2) is 0 Å². The Labute approximate surface area is 165 Å². The van der Waals surface area contributed by atoms with Crippen molar-refractivity contribution in [2.75, 3.05) is 13.6 Å². The number of halogens is 1. The van der Waals surface area contributed by atoms with Gasteiger partial charge in [0.1, 0.15) is 5.82 Å². The van der Waals surface area contributed by atoms with E-state index in [0.29, 0.717) is 13.1 Å². The summed E-state index contributed by atoms with van der Waals surface area (Å²) in [5.41, 5.74) is 2.18. The summed E-state index contributed by atoms with van der Waals surface area (Å²) < 4.78 is 13.1. The van der Waals surface area contributed by atoms with E-state index in [9.17, 15) is 9.18 Å². The Kier molecular flexibility index (Phi) is 5.40. The molecule has 1 amide bonds. The number of likely N-dealkylation sites (tertiary alicyclic amines) is 1. The number of benzene rings is 3. The van der Waals surface area contributed by atoms with E-state index in [2.05, 4.69) is 35.2 Å². The lowest BCUT2D eigenvalue weighted by Gasteiger charge is -2.28. The van der Waals surface area contributed by atoms with Gasteiger partial charge in [-0.1, -0.05) is 48.5 Å². The topological polar surface area (TPSA) is 23.6 Å². The number of rotatable bonds is 5. The molecule has 0 bridgehead atoms. The molecule has 3 aromatic carbocycles. The fourth-order valence-corrected chi connectivity index (χ4v) is 4.06. The van der Waals surface area contributed by atoms with E-state index in [1.54, 1.807) is 12.1 Å². The Morgan fingerprint density at radius 3 is 2.54 bits per heavy atom. The highest BCUT2D eigenvalue weighted by Gasteiger charge is 2.32. The van der Waals surface area contributed by atoms with Gasteiger partial charge in [-0.2, -0.15) is 0 Å². The van der Waals surface area contributed by atoms with Gasteiger partial charge in [0.2, 0.25) is 5.91 Å². The molecule has 0 N–H and O–H groups in total. The summed E-state index contributed by atoms with van der Waals surface area (Å²) in [6, 6.07) is 21.1. The highest BCUT2D eigenvalue weighted by Crippen LogP contribution is 2.23. The average molecular weight is 376 g/mol. The van der Waals surface area contributed by atoms with Crippen LogP contribution in [0.25, 0.3) is 10.8 Å². The lowest BCUT2D eigenvalue weighted by molar-refractivity contribution is -0.135. The summed E-state index contributed by atoms with van der Waals surface area (Å²) in [4.78, 5) is 17.1. The third-order valence-corrected chi connectivity index (χ3v) is 5.56. The van der Waals surface area contributed by atoms with Gasteiger partial charge in [-0.15, -0.1) is 0 Å². The van der Waals surface area contributed by atoms with Gasteiger partial charge in [0.05, 0.1) is 6.04 Å². The average Bonchev–Trinajstić information content (AvgIpc) is 3.17. The molecule has 1 unspecified atom stereocenters. The zero-order valence-corrected chi connectivity index (χ0v) is 16.1. The largest absolute Gasteiger partial charge is 0.340 e. The maximum atomic E-state index is 13.1. The molecule has 1 saturated heterocycles. The molecule has 3 aromatic rings. The quantitative estimate of drug-likeness (QED) is 0.650. The highest BCUT2D eigenvalue weighted by molar-refractivity contribution is 5.84. The molecule has 1 aliphatic heterocycles. The van der Waals surface area contributed by atoms with Crippen LogP contribution in [0, 0.1) is 5.82 Å². The van der Waals surface area contributed by atoms with E-state index in [4.69, 9.17) is 0 Å². The smallest absolute Gasteiger partial charge is 0.239 e. The number of carbonyl (C=O) groups is 1. The van der Waals surface area contributed by atoms with Crippen molar-refractivity contribution < 1.29 is 9.18 Å². The van der Waals surface area contributed by atoms with Crippen LogP contribution in [0.2, 0.25) is 0 Å². The summed E-state index contributed by atoms with van der Waals surface area (Å²) >= 11 is 0. The Morgan fingerprint density at radius 2 is 1.75 bits per heavy atom. The fourth-order valence-electron chi connectivity index (χ4n) is 4.06. The minimum Gasteiger partial charge on any atom is -0.340 e. The van der Waals surface area contributed by atoms with Crippen LogP contribution in [0.4, 0.5) is 4.39 Å². The number of likely N-dealkylation sites (N-methyl/N-ethyl adjacent to an activating group) is 1. The summed E-state index contributed by atoms with van der Waals surface area (Å²) in [6.07, 6.45) is 1.89. The second kappa shape index (κ2) is 8.11. The number of nitrogens with zero attached hydrogens (tertiary/aromatic N) is 2. The first-order valence-corrected chi connectivity index (χ1v) is 9.81. The molecule has 0 saturated carbocycles. The molecule has 1 aliphatic rings. The van der Waals surface area contributed by atoms with Crippen LogP contribution in [0.1, 0.15) is 24.0 Å². The molecule has 0 spiro atoms. The summed E-state index contributed by atoms with van der Waals surface area (Å²) in [7, 11) is 1.88. The van der Waals surface area contributed by atoms with Gasteiger partial charge >= 0.3 is 0 Å². The normalized spacial score (nSPS) is 17.1. The minimum atomic E-state index is -0.229. The first-order valence-electron chi connectivity index (χ1n) is 9.81. The molecule has 0 aromatic heterocycles. The van der Waals surface area contributed by atoms with E-state index in [-0.39, 0.29) is 17.8 Å². The van der Waals surface area contributed by atoms with Crippen LogP contribution in [-0.4, -0.2) is 35.3 Å². The zero-order chi connectivity index (χ0) is 19.5. The monoisotopic (exact) mass is 376 g/mol. The Morgan fingerprint density at radius 1 is 1.04 bits per heavy atom. The molecule has 0 radical (unpaired) electrons. The van der Waals surface area contributed by atoms with Gasteiger partial charge in [-0.3, -0.25) is 9.69 Å². The molecule has 1 atom stereocenters. The van der Waals surface area contributed by atoms with Crippen molar-refractivity contribution >= 4 is 16.7 Å². The third-order valence-electron chi connectivity index (χ3n) is 5.56. The van der Waals surface area contributed by atoms with Gasteiger partial charge in [-0.25, -0.2) is 4.39 Å². The number of carbonyl (C=O) groups excluding carboxylic acids is 1. The van der Waals surface area contributed by atoms with Gasteiger partial charge < -0.3 is 4.90 Å². The van der Waals surface area contributed by atoms with Crippen molar-refractivity contribution in [3.8, 4) is 0 Å². The van der Waals surface area contributed by atoms with Crippen LogP contribution in [0.15, 0.2) is 66.7 Å². The van der Waals surface area contributed by atoms with Crippen molar-refractivity contribution in [1.29, 1.82) is 0 Å². The maximum absolute atomic E-state index is 13.1. The molecule has 28 heavy (non-hydrogen) atoms. The number of hydrogen-bond donors (Lipinski definition) is 0. The summed E-state index contributed by atoms with van der Waals surface area (Å²) in [6.45, 7) is 2.18. The van der Waals surface area contributed by atoms with E-state index >= 15 is 0 Å². The standard InChI is InChI=1S/C24H25FN2O/c1-26(16-19-8-11-20-5-2-3-6-21(20)15-19)24(28)23-7-4-14-27(23)17-18-9-12-22(25)13-10-18/h2-3,5-6,8-13,15,23H,4,7,14,16-17H2,1H3. The molecule has 4 rings (SSSR count). The van der Waals surface area contributed by atoms with Crippen LogP contribution >= 0.6 is 0 Å². The van der Waals surface area contributed by atoms with Crippen LogP contribution in [0.3, 0.4) is 0 Å². The van der Waals surface area contributed by atoms with Crippen molar-refractivity contribution in [1.82, 2.24) is 9.80 Å². The molecule has 3 nitrogen and oxygen atoms in total. The zero-order valence-electron chi connectivity index (χ0n) is 16.1. The number of amides is 1. The first-order chi connectivity index (χ1) is 13.6. The Bertz CT molecular complexity index is 970. The predicted molar refractivity (Wildman–Crippen MR) is 110 cm³/mol. The van der Waals surface area contributed by atoms with E-state index in [0.717, 1.165) is 30.5 Å². The highest BCUT2D eigenvalue weighted by atomic mass is 19.1. The fraction of sp³-hybridized carbons (Fsp3) is 0.292. The number of hydrogen-bond acceptors (Lipinski definition) is 2. The van der Waals surface area contributed by atoms with Crippen molar-refractivity contribution in [2.45, 2.75) is 32.0 Å². The molecule has 144 valence electrons. The van der Waals surface area contributed by atoms with Crippen LogP contribution in [0.5, 0.6) is 0 Å². The Balaban J connectivity index is 1.43. The number of fused-ring (bicyclic) bond motifs is 1. The first kappa shape index (κ1) is 18.6. The maximum Gasteiger partial charge on any atom is 0.239 e. The van der Waals surface area contributed by atoms with Crippen molar-refractivity contribution in [3.05, 3.63) is 83.7 Å². The lowest BCUT2D eigenvalue weighted by atomic mass is 10.1. The SMILES string of the molecule is CN(Cc1ccc2ccccc2c1)C(=O)C1CCCN1Cc1ccc(F)cc1. The predicted octanol–water partition coefficient (Wildman–Crippen LogP) is 4.60. The third kappa shape index (κ3) is 4.07. The van der Waals surface area contributed by atoms with Gasteiger partial charge in [0.25, 0.3) is 0 Å². The lowest BCUT2D eigenvalue weighted by Crippen LogP contribution is -2.43. The molecule has 0 aliphatic carbocycles. The second-order valence-electron chi connectivity index (χ2n) is 7.63. The van der Waals surface area contributed by atoms with Gasteiger partial charge in [-0.05, 0) is 59.5 Å². The van der Waals surface area contributed by atoms with Gasteiger partial charge in [0, 0.05) is 20.1 Å². The molecule has 1 heterocycles. The summed E-state index contributed by atoms with van der Waals surface area (Å²) in [5, 5.41) is 2.40. The van der Waals surface area contributed by atoms with Crippen LogP contribution < -0.4 is 0 Å². The van der Waals surface area contributed by atoms with E-state index in [1.807, 2.05) is 24.1 Å². The minimum absolute atomic E-state index is 0.101.